The highest BCUT2D eigenvalue weighted by molar-refractivity contribution is 5.53. The Hall–Kier alpha value is -2.76. The summed E-state index contributed by atoms with van der Waals surface area (Å²) in [4.78, 5) is 9.57. The molecule has 1 saturated heterocycles. The Bertz CT molecular complexity index is 884. The monoisotopic (exact) mass is 388 g/mol. The van der Waals surface area contributed by atoms with E-state index in [9.17, 15) is 0 Å². The number of piperazine rings is 1. The molecule has 3 aromatic rings. The lowest BCUT2D eigenvalue weighted by Gasteiger charge is -2.34. The SMILES string of the molecule is C(=C\c1ccccc1)/CN1CCN(CCCc2nc(-c3ccccc3)no2)CC1. The predicted molar refractivity (Wildman–Crippen MR) is 116 cm³/mol. The fraction of sp³-hybridized carbons (Fsp3) is 0.333. The quantitative estimate of drug-likeness (QED) is 0.584. The first-order valence-corrected chi connectivity index (χ1v) is 10.4. The van der Waals surface area contributed by atoms with Gasteiger partial charge in [-0.25, -0.2) is 0 Å². The fourth-order valence-corrected chi connectivity index (χ4v) is 3.61. The minimum absolute atomic E-state index is 0.678. The molecule has 2 aromatic carbocycles. The molecule has 0 N–H and O–H groups in total. The highest BCUT2D eigenvalue weighted by Gasteiger charge is 2.16. The molecule has 0 saturated carbocycles. The van der Waals surface area contributed by atoms with Crippen molar-refractivity contribution < 1.29 is 4.52 Å². The van der Waals surface area contributed by atoms with Crippen LogP contribution in [0.25, 0.3) is 17.5 Å². The van der Waals surface area contributed by atoms with E-state index in [-0.39, 0.29) is 0 Å². The van der Waals surface area contributed by atoms with Crippen molar-refractivity contribution in [3.8, 4) is 11.4 Å². The highest BCUT2D eigenvalue weighted by Crippen LogP contribution is 2.15. The standard InChI is InChI=1S/C24H28N4O/c1-3-9-21(10-4-1)11-7-15-27-17-19-28(20-18-27)16-8-14-23-25-24(26-29-23)22-12-5-2-6-13-22/h1-7,9-13H,8,14-20H2/b11-7+. The summed E-state index contributed by atoms with van der Waals surface area (Å²) in [5, 5.41) is 4.10. The Balaban J connectivity index is 1.14. The molecule has 2 heterocycles. The van der Waals surface area contributed by atoms with Gasteiger partial charge in [0.2, 0.25) is 11.7 Å². The third kappa shape index (κ3) is 5.86. The van der Waals surface area contributed by atoms with Crippen molar-refractivity contribution in [1.82, 2.24) is 19.9 Å². The van der Waals surface area contributed by atoms with E-state index in [1.54, 1.807) is 0 Å². The summed E-state index contributed by atoms with van der Waals surface area (Å²) >= 11 is 0. The zero-order valence-electron chi connectivity index (χ0n) is 16.8. The van der Waals surface area contributed by atoms with Gasteiger partial charge in [0, 0.05) is 44.7 Å². The maximum atomic E-state index is 5.41. The van der Waals surface area contributed by atoms with Gasteiger partial charge in [0.25, 0.3) is 0 Å². The van der Waals surface area contributed by atoms with Gasteiger partial charge in [-0.2, -0.15) is 4.98 Å². The molecule has 5 heteroatoms. The Morgan fingerprint density at radius 2 is 1.55 bits per heavy atom. The number of hydrogen-bond acceptors (Lipinski definition) is 5. The summed E-state index contributed by atoms with van der Waals surface area (Å²) in [6.45, 7) is 6.59. The van der Waals surface area contributed by atoms with Crippen LogP contribution in [0.4, 0.5) is 0 Å². The van der Waals surface area contributed by atoms with Crippen LogP contribution >= 0.6 is 0 Å². The molecule has 0 amide bonds. The zero-order chi connectivity index (χ0) is 19.7. The average Bonchev–Trinajstić information content (AvgIpc) is 3.25. The lowest BCUT2D eigenvalue weighted by atomic mass is 10.2. The van der Waals surface area contributed by atoms with E-state index < -0.39 is 0 Å². The second-order valence-corrected chi connectivity index (χ2v) is 7.44. The molecule has 0 bridgehead atoms. The topological polar surface area (TPSA) is 45.4 Å². The van der Waals surface area contributed by atoms with Crippen LogP contribution in [0.3, 0.4) is 0 Å². The Morgan fingerprint density at radius 1 is 0.862 bits per heavy atom. The highest BCUT2D eigenvalue weighted by atomic mass is 16.5. The van der Waals surface area contributed by atoms with E-state index in [1.807, 2.05) is 30.3 Å². The van der Waals surface area contributed by atoms with E-state index >= 15 is 0 Å². The maximum absolute atomic E-state index is 5.41. The van der Waals surface area contributed by atoms with Gasteiger partial charge >= 0.3 is 0 Å². The molecule has 0 aliphatic carbocycles. The van der Waals surface area contributed by atoms with Gasteiger partial charge < -0.3 is 9.42 Å². The molecule has 29 heavy (non-hydrogen) atoms. The van der Waals surface area contributed by atoms with Gasteiger partial charge in [-0.15, -0.1) is 0 Å². The second kappa shape index (κ2) is 10.1. The van der Waals surface area contributed by atoms with E-state index in [4.69, 9.17) is 4.52 Å². The van der Waals surface area contributed by atoms with E-state index in [2.05, 4.69) is 62.4 Å². The summed E-state index contributed by atoms with van der Waals surface area (Å²) in [6, 6.07) is 20.5. The number of rotatable bonds is 8. The van der Waals surface area contributed by atoms with Gasteiger partial charge in [0.15, 0.2) is 0 Å². The molecule has 0 spiro atoms. The minimum atomic E-state index is 0.678. The molecule has 1 aromatic heterocycles. The van der Waals surface area contributed by atoms with Gasteiger partial charge in [-0.3, -0.25) is 4.90 Å². The number of aromatic nitrogens is 2. The van der Waals surface area contributed by atoms with Crippen molar-refractivity contribution in [3.05, 3.63) is 78.2 Å². The van der Waals surface area contributed by atoms with Gasteiger partial charge in [-0.1, -0.05) is 78.0 Å². The molecule has 5 nitrogen and oxygen atoms in total. The van der Waals surface area contributed by atoms with Crippen LogP contribution in [-0.2, 0) is 6.42 Å². The van der Waals surface area contributed by atoms with Crippen LogP contribution in [0.5, 0.6) is 0 Å². The normalized spacial score (nSPS) is 15.9. The summed E-state index contributed by atoms with van der Waals surface area (Å²) in [6.07, 6.45) is 6.36. The third-order valence-electron chi connectivity index (χ3n) is 5.30. The average molecular weight is 389 g/mol. The first-order valence-electron chi connectivity index (χ1n) is 10.4. The Morgan fingerprint density at radius 3 is 2.31 bits per heavy atom. The summed E-state index contributed by atoms with van der Waals surface area (Å²) in [7, 11) is 0. The van der Waals surface area contributed by atoms with Crippen LogP contribution in [0.2, 0.25) is 0 Å². The molecule has 1 aliphatic rings. The lowest BCUT2D eigenvalue weighted by Crippen LogP contribution is -2.46. The molecule has 150 valence electrons. The van der Waals surface area contributed by atoms with Crippen LogP contribution in [0.15, 0.2) is 71.3 Å². The van der Waals surface area contributed by atoms with E-state index in [1.165, 1.54) is 5.56 Å². The first-order chi connectivity index (χ1) is 14.4. The minimum Gasteiger partial charge on any atom is -0.339 e. The summed E-state index contributed by atoms with van der Waals surface area (Å²) in [5.41, 5.74) is 2.27. The summed E-state index contributed by atoms with van der Waals surface area (Å²) in [5.74, 6) is 1.41. The van der Waals surface area contributed by atoms with Crippen molar-refractivity contribution in [3.63, 3.8) is 0 Å². The molecule has 0 unspecified atom stereocenters. The smallest absolute Gasteiger partial charge is 0.227 e. The van der Waals surface area contributed by atoms with Crippen molar-refractivity contribution in [2.24, 2.45) is 0 Å². The van der Waals surface area contributed by atoms with Gasteiger partial charge in [0.1, 0.15) is 0 Å². The lowest BCUT2D eigenvalue weighted by molar-refractivity contribution is 0.141. The third-order valence-corrected chi connectivity index (χ3v) is 5.30. The van der Waals surface area contributed by atoms with E-state index in [0.29, 0.717) is 5.82 Å². The van der Waals surface area contributed by atoms with Crippen LogP contribution < -0.4 is 0 Å². The number of nitrogens with zero attached hydrogens (tertiary/aromatic N) is 4. The van der Waals surface area contributed by atoms with Crippen molar-refractivity contribution >= 4 is 6.08 Å². The molecule has 0 radical (unpaired) electrons. The Kier molecular flexibility index (Phi) is 6.84. The van der Waals surface area contributed by atoms with Gasteiger partial charge in [-0.05, 0) is 18.5 Å². The van der Waals surface area contributed by atoms with Crippen LogP contribution in [-0.4, -0.2) is 59.2 Å². The number of aryl methyl sites for hydroxylation is 1. The largest absolute Gasteiger partial charge is 0.339 e. The van der Waals surface area contributed by atoms with Crippen LogP contribution in [0.1, 0.15) is 17.9 Å². The fourth-order valence-electron chi connectivity index (χ4n) is 3.61. The van der Waals surface area contributed by atoms with Crippen molar-refractivity contribution in [2.75, 3.05) is 39.3 Å². The number of hydrogen-bond donors (Lipinski definition) is 0. The van der Waals surface area contributed by atoms with Crippen molar-refractivity contribution in [1.29, 1.82) is 0 Å². The zero-order valence-corrected chi connectivity index (χ0v) is 16.8. The first kappa shape index (κ1) is 19.6. The molecule has 1 fully saturated rings. The van der Waals surface area contributed by atoms with Gasteiger partial charge in [0.05, 0.1) is 0 Å². The van der Waals surface area contributed by atoms with Crippen molar-refractivity contribution in [2.45, 2.75) is 12.8 Å². The molecular formula is C24H28N4O. The maximum Gasteiger partial charge on any atom is 0.227 e. The molecule has 4 rings (SSSR count). The number of benzene rings is 2. The Labute approximate surface area is 172 Å². The molecule has 0 atom stereocenters. The van der Waals surface area contributed by atoms with Crippen LogP contribution in [0, 0.1) is 0 Å². The summed E-state index contributed by atoms with van der Waals surface area (Å²) < 4.78 is 5.41. The van der Waals surface area contributed by atoms with E-state index in [0.717, 1.165) is 63.6 Å². The molecular weight excluding hydrogens is 360 g/mol. The predicted octanol–water partition coefficient (Wildman–Crippen LogP) is 4.00. The second-order valence-electron chi connectivity index (χ2n) is 7.44. The molecule has 1 aliphatic heterocycles.